The van der Waals surface area contributed by atoms with Crippen molar-refractivity contribution in [2.24, 2.45) is 17.4 Å². The number of aryl methyl sites for hydroxylation is 1. The van der Waals surface area contributed by atoms with Crippen LogP contribution >= 0.6 is 0 Å². The molecule has 3 heterocycles. The molecule has 1 aliphatic heterocycles. The first kappa shape index (κ1) is 27.0. The Labute approximate surface area is 217 Å². The van der Waals surface area contributed by atoms with Gasteiger partial charge in [0.15, 0.2) is 17.7 Å². The third kappa shape index (κ3) is 5.58. The summed E-state index contributed by atoms with van der Waals surface area (Å²) in [6.45, 7) is 1.76. The maximum Gasteiger partial charge on any atom is 0.320 e. The van der Waals surface area contributed by atoms with Gasteiger partial charge in [0.25, 0.3) is 0 Å². The molecule has 6 atom stereocenters. The molecular weight excluding hydrogens is 494 g/mol. The summed E-state index contributed by atoms with van der Waals surface area (Å²) in [7, 11) is 0. The number of aliphatic hydroxyl groups excluding tert-OH is 2. The van der Waals surface area contributed by atoms with Crippen LogP contribution in [-0.2, 0) is 9.53 Å². The van der Waals surface area contributed by atoms with Gasteiger partial charge in [-0.05, 0) is 43.9 Å². The van der Waals surface area contributed by atoms with E-state index in [0.29, 0.717) is 34.3 Å². The maximum atomic E-state index is 11.7. The monoisotopic (exact) mass is 523 g/mol. The molecule has 9 N–H and O–H groups in total. The van der Waals surface area contributed by atoms with Crippen LogP contribution in [0.25, 0.3) is 11.2 Å². The number of anilines is 1. The van der Waals surface area contributed by atoms with E-state index < -0.39 is 48.4 Å². The third-order valence-electron chi connectivity index (χ3n) is 6.58. The zero-order valence-corrected chi connectivity index (χ0v) is 20.6. The molecule has 1 aromatic carbocycles. The number of imidazole rings is 1. The van der Waals surface area contributed by atoms with E-state index >= 15 is 0 Å². The summed E-state index contributed by atoms with van der Waals surface area (Å²) in [5.74, 6) is 4.08. The van der Waals surface area contributed by atoms with Crippen LogP contribution in [0.3, 0.4) is 0 Å². The van der Waals surface area contributed by atoms with Crippen LogP contribution in [0.4, 0.5) is 5.82 Å². The molecule has 0 unspecified atom stereocenters. The van der Waals surface area contributed by atoms with Crippen LogP contribution in [-0.4, -0.2) is 71.1 Å². The second-order valence-corrected chi connectivity index (χ2v) is 9.25. The Morgan fingerprint density at radius 3 is 2.66 bits per heavy atom. The number of carbonyl (C=O) groups excluding carboxylic acids is 1. The largest absolute Gasteiger partial charge is 0.480 e. The fourth-order valence-electron chi connectivity index (χ4n) is 4.39. The molecule has 2 aromatic heterocycles. The van der Waals surface area contributed by atoms with Crippen molar-refractivity contribution in [3.05, 3.63) is 47.5 Å². The average Bonchev–Trinajstić information content (AvgIpc) is 3.43. The Morgan fingerprint density at radius 2 is 1.95 bits per heavy atom. The zero-order chi connectivity index (χ0) is 27.6. The number of benzene rings is 1. The fourth-order valence-corrected chi connectivity index (χ4v) is 4.39. The molecule has 1 saturated heterocycles. The number of primary amides is 1. The molecule has 3 aromatic rings. The van der Waals surface area contributed by atoms with E-state index in [1.165, 1.54) is 17.2 Å². The fraction of sp³-hybridized carbons (Fsp3) is 0.400. The Morgan fingerprint density at radius 1 is 1.18 bits per heavy atom. The predicted octanol–water partition coefficient (Wildman–Crippen LogP) is -0.315. The molecule has 13 nitrogen and oxygen atoms in total. The highest BCUT2D eigenvalue weighted by molar-refractivity contribution is 5.94. The Hall–Kier alpha value is -4.09. The highest BCUT2D eigenvalue weighted by atomic mass is 16.6. The van der Waals surface area contributed by atoms with Gasteiger partial charge in [0.2, 0.25) is 5.91 Å². The Bertz CT molecular complexity index is 1410. The highest BCUT2D eigenvalue weighted by Crippen LogP contribution is 2.35. The molecule has 0 radical (unpaired) electrons. The maximum absolute atomic E-state index is 11.7. The second kappa shape index (κ2) is 11.1. The minimum atomic E-state index is -1.31. The normalized spacial score (nSPS) is 22.5. The topological polar surface area (TPSA) is 226 Å². The first-order chi connectivity index (χ1) is 18.1. The van der Waals surface area contributed by atoms with E-state index in [0.717, 1.165) is 0 Å². The Kier molecular flexibility index (Phi) is 7.88. The number of hydrogen-bond acceptors (Lipinski definition) is 10. The summed E-state index contributed by atoms with van der Waals surface area (Å²) in [6.07, 6.45) is -1.16. The van der Waals surface area contributed by atoms with E-state index in [1.54, 1.807) is 25.1 Å². The number of aromatic nitrogens is 4. The summed E-state index contributed by atoms with van der Waals surface area (Å²) in [4.78, 5) is 35.2. The third-order valence-corrected chi connectivity index (χ3v) is 6.58. The summed E-state index contributed by atoms with van der Waals surface area (Å²) in [5, 5.41) is 30.8. The van der Waals surface area contributed by atoms with E-state index in [2.05, 4.69) is 26.8 Å². The number of nitrogens with zero attached hydrogens (tertiary/aromatic N) is 4. The van der Waals surface area contributed by atoms with Crippen molar-refractivity contribution < 1.29 is 29.6 Å². The first-order valence-electron chi connectivity index (χ1n) is 11.9. The number of nitrogen functional groups attached to an aromatic ring is 1. The summed E-state index contributed by atoms with van der Waals surface area (Å²) in [6, 6.07) is 3.97. The smallest absolute Gasteiger partial charge is 0.320 e. The number of aliphatic hydroxyl groups is 2. The van der Waals surface area contributed by atoms with Gasteiger partial charge in [-0.15, -0.1) is 0 Å². The number of carboxylic acids is 1. The molecule has 0 saturated carbocycles. The van der Waals surface area contributed by atoms with Gasteiger partial charge in [0.05, 0.1) is 12.4 Å². The van der Waals surface area contributed by atoms with Gasteiger partial charge in [-0.3, -0.25) is 14.2 Å². The molecule has 1 amide bonds. The summed E-state index contributed by atoms with van der Waals surface area (Å²) >= 11 is 0. The van der Waals surface area contributed by atoms with Gasteiger partial charge in [0.1, 0.15) is 30.1 Å². The number of carboxylic acid groups (broad SMARTS) is 1. The number of fused-ring (bicyclic) bond motifs is 1. The van der Waals surface area contributed by atoms with Crippen LogP contribution in [0, 0.1) is 24.7 Å². The van der Waals surface area contributed by atoms with Crippen LogP contribution in [0.15, 0.2) is 30.9 Å². The van der Waals surface area contributed by atoms with Gasteiger partial charge >= 0.3 is 5.97 Å². The number of aliphatic carboxylic acids is 1. The highest BCUT2D eigenvalue weighted by Gasteiger charge is 2.45. The van der Waals surface area contributed by atoms with E-state index in [4.69, 9.17) is 21.9 Å². The van der Waals surface area contributed by atoms with Crippen LogP contribution in [0.1, 0.15) is 47.0 Å². The van der Waals surface area contributed by atoms with Gasteiger partial charge in [-0.25, -0.2) is 15.0 Å². The van der Waals surface area contributed by atoms with E-state index in [1.807, 2.05) is 0 Å². The molecule has 1 aliphatic rings. The molecule has 0 bridgehead atoms. The number of hydrogen-bond donors (Lipinski definition) is 6. The zero-order valence-electron chi connectivity index (χ0n) is 20.6. The van der Waals surface area contributed by atoms with Crippen molar-refractivity contribution in [2.75, 3.05) is 5.73 Å². The standard InChI is InChI=1S/C25H29N7O6/c1-12-2-3-13(8-15(12)22(28)35)4-5-14(6-7-16(26)25(36)37)9-17-19(33)20(34)24(38-17)32-11-31-18-21(27)29-10-30-23(18)32/h2-3,8,10-11,14,16-17,19-20,24,33-34H,6-7,9,26H2,1H3,(H2,28,35)(H,36,37)(H2,27,29,30)/t14-,16-,17+,19+,20+,24+/m0/s1. The van der Waals surface area contributed by atoms with E-state index in [-0.39, 0.29) is 18.7 Å². The molecule has 0 spiro atoms. The number of rotatable bonds is 8. The molecule has 0 aliphatic carbocycles. The summed E-state index contributed by atoms with van der Waals surface area (Å²) in [5.41, 5.74) is 19.3. The molecule has 1 fully saturated rings. The first-order valence-corrected chi connectivity index (χ1v) is 11.9. The van der Waals surface area contributed by atoms with Crippen molar-refractivity contribution in [1.82, 2.24) is 19.5 Å². The minimum absolute atomic E-state index is 0.131. The lowest BCUT2D eigenvalue weighted by Crippen LogP contribution is -2.33. The lowest BCUT2D eigenvalue weighted by molar-refractivity contribution is -0.138. The van der Waals surface area contributed by atoms with Crippen molar-refractivity contribution in [1.29, 1.82) is 0 Å². The van der Waals surface area contributed by atoms with Crippen molar-refractivity contribution in [3.63, 3.8) is 0 Å². The number of amides is 1. The second-order valence-electron chi connectivity index (χ2n) is 9.25. The van der Waals surface area contributed by atoms with Gasteiger partial charge in [-0.1, -0.05) is 17.9 Å². The molecule has 13 heteroatoms. The van der Waals surface area contributed by atoms with Crippen LogP contribution < -0.4 is 17.2 Å². The van der Waals surface area contributed by atoms with Crippen LogP contribution in [0.5, 0.6) is 0 Å². The molecule has 38 heavy (non-hydrogen) atoms. The average molecular weight is 524 g/mol. The predicted molar refractivity (Wildman–Crippen MR) is 135 cm³/mol. The van der Waals surface area contributed by atoms with Gasteiger partial charge in [-0.2, -0.15) is 0 Å². The van der Waals surface area contributed by atoms with Gasteiger partial charge in [0, 0.05) is 17.0 Å². The summed E-state index contributed by atoms with van der Waals surface area (Å²) < 4.78 is 7.50. The number of nitrogens with two attached hydrogens (primary N) is 3. The lowest BCUT2D eigenvalue weighted by atomic mass is 9.92. The van der Waals surface area contributed by atoms with E-state index in [9.17, 15) is 24.9 Å². The van der Waals surface area contributed by atoms with Crippen molar-refractivity contribution in [2.45, 2.75) is 56.8 Å². The molecule has 4 rings (SSSR count). The minimum Gasteiger partial charge on any atom is -0.480 e. The number of carbonyl (C=O) groups is 2. The Balaban J connectivity index is 1.57. The molecular formula is C25H29N7O6. The molecule has 200 valence electrons. The van der Waals surface area contributed by atoms with Crippen molar-refractivity contribution >= 4 is 28.9 Å². The SMILES string of the molecule is Cc1ccc(C#C[C@@H](CC[C@H](N)C(=O)O)C[C@H]2O[C@@H](n3cnc4c(N)ncnc43)[C@H](O)[C@@H]2O)cc1C(N)=O. The van der Waals surface area contributed by atoms with Crippen molar-refractivity contribution in [3.8, 4) is 11.8 Å². The number of ether oxygens (including phenoxy) is 1. The van der Waals surface area contributed by atoms with Gasteiger partial charge < -0.3 is 37.3 Å². The lowest BCUT2D eigenvalue weighted by Gasteiger charge is -2.19. The quantitative estimate of drug-likeness (QED) is 0.210. The van der Waals surface area contributed by atoms with Crippen LogP contribution in [0.2, 0.25) is 0 Å².